The third-order valence-corrected chi connectivity index (χ3v) is 3.97. The van der Waals surface area contributed by atoms with Crippen LogP contribution in [0.5, 0.6) is 0 Å². The highest BCUT2D eigenvalue weighted by Crippen LogP contribution is 2.26. The molecule has 1 amide bonds. The summed E-state index contributed by atoms with van der Waals surface area (Å²) in [6.07, 6.45) is 0.591. The van der Waals surface area contributed by atoms with Gasteiger partial charge in [-0.15, -0.1) is 0 Å². The molecule has 0 saturated carbocycles. The molecule has 0 aromatic carbocycles. The molecule has 138 valence electrons. The molecule has 0 aromatic heterocycles. The Balaban J connectivity index is 1.91. The molecule has 2 saturated heterocycles. The van der Waals surface area contributed by atoms with Crippen LogP contribution < -0.4 is 0 Å². The number of epoxide rings is 1. The zero-order valence-electron chi connectivity index (χ0n) is 15.1. The average Bonchev–Trinajstić information content (AvgIpc) is 3.28. The quantitative estimate of drug-likeness (QED) is 0.542. The maximum absolute atomic E-state index is 12.1. The average molecular weight is 343 g/mol. The maximum Gasteiger partial charge on any atom is 0.409 e. The largest absolute Gasteiger partial charge is 0.460 e. The molecule has 2 fully saturated rings. The summed E-state index contributed by atoms with van der Waals surface area (Å²) in [7, 11) is 0. The van der Waals surface area contributed by atoms with Crippen molar-refractivity contribution in [1.29, 1.82) is 0 Å². The molecule has 1 unspecified atom stereocenters. The minimum absolute atomic E-state index is 0.0317. The highest BCUT2D eigenvalue weighted by molar-refractivity contribution is 5.70. The van der Waals surface area contributed by atoms with Gasteiger partial charge in [0.1, 0.15) is 11.7 Å². The Bertz CT molecular complexity index is 443. The van der Waals surface area contributed by atoms with Crippen molar-refractivity contribution in [3.63, 3.8) is 0 Å². The summed E-state index contributed by atoms with van der Waals surface area (Å²) in [6, 6.07) is 0. The number of amides is 1. The van der Waals surface area contributed by atoms with Gasteiger partial charge in [-0.25, -0.2) is 4.79 Å². The van der Waals surface area contributed by atoms with Crippen LogP contribution in [0.1, 0.15) is 40.5 Å². The minimum atomic E-state index is -0.499. The Kier molecular flexibility index (Phi) is 6.46. The van der Waals surface area contributed by atoms with Crippen molar-refractivity contribution < 1.29 is 28.5 Å². The summed E-state index contributed by atoms with van der Waals surface area (Å²) >= 11 is 0. The molecular weight excluding hydrogens is 314 g/mol. The van der Waals surface area contributed by atoms with E-state index in [0.29, 0.717) is 45.8 Å². The number of likely N-dealkylation sites (tertiary alicyclic amines) is 1. The molecule has 2 rings (SSSR count). The number of carbonyl (C=O) groups excluding carboxylic acids is 2. The Labute approximate surface area is 143 Å². The molecule has 0 N–H and O–H groups in total. The first-order chi connectivity index (χ1) is 11.3. The van der Waals surface area contributed by atoms with Crippen molar-refractivity contribution in [2.45, 2.75) is 58.3 Å². The van der Waals surface area contributed by atoms with E-state index in [4.69, 9.17) is 18.9 Å². The van der Waals surface area contributed by atoms with Crippen LogP contribution in [0.15, 0.2) is 0 Å². The van der Waals surface area contributed by atoms with Gasteiger partial charge in [-0.2, -0.15) is 0 Å². The van der Waals surface area contributed by atoms with Crippen LogP contribution in [0.4, 0.5) is 4.79 Å². The van der Waals surface area contributed by atoms with Gasteiger partial charge in [-0.05, 0) is 40.0 Å². The van der Waals surface area contributed by atoms with Crippen molar-refractivity contribution >= 4 is 12.1 Å². The van der Waals surface area contributed by atoms with Crippen LogP contribution in [-0.2, 0) is 23.7 Å². The minimum Gasteiger partial charge on any atom is -0.460 e. The molecule has 7 nitrogen and oxygen atoms in total. The van der Waals surface area contributed by atoms with E-state index in [1.807, 2.05) is 20.8 Å². The highest BCUT2D eigenvalue weighted by atomic mass is 16.6. The van der Waals surface area contributed by atoms with Crippen LogP contribution >= 0.6 is 0 Å². The molecule has 2 heterocycles. The van der Waals surface area contributed by atoms with E-state index in [1.165, 1.54) is 0 Å². The van der Waals surface area contributed by atoms with Crippen molar-refractivity contribution in [2.24, 2.45) is 5.92 Å². The van der Waals surface area contributed by atoms with Crippen LogP contribution in [-0.4, -0.2) is 67.7 Å². The summed E-state index contributed by atoms with van der Waals surface area (Å²) in [6.45, 7) is 9.89. The van der Waals surface area contributed by atoms with E-state index in [-0.39, 0.29) is 30.2 Å². The predicted octanol–water partition coefficient (Wildman–Crippen LogP) is 1.98. The van der Waals surface area contributed by atoms with Gasteiger partial charge in [0.05, 0.1) is 38.9 Å². The number of nitrogens with zero attached hydrogens (tertiary/aromatic N) is 1. The van der Waals surface area contributed by atoms with E-state index < -0.39 is 5.60 Å². The smallest absolute Gasteiger partial charge is 0.409 e. The maximum atomic E-state index is 12.1. The SMILES string of the molecule is CCOC(=O)N1CC[C@@H](CC(=O)OC(C)(C)C)[C@@H](OCC2CO2)C1. The standard InChI is InChI=1S/C17H29NO6/c1-5-21-16(20)18-7-6-12(8-15(19)24-17(2,3)4)14(9-18)23-11-13-10-22-13/h12-14H,5-11H2,1-4H3/t12-,13?,14-/m0/s1. The van der Waals surface area contributed by atoms with Gasteiger partial charge in [0.15, 0.2) is 0 Å². The second-order valence-corrected chi connectivity index (χ2v) is 7.31. The van der Waals surface area contributed by atoms with Crippen LogP contribution in [0.25, 0.3) is 0 Å². The monoisotopic (exact) mass is 343 g/mol. The zero-order chi connectivity index (χ0) is 17.7. The van der Waals surface area contributed by atoms with Gasteiger partial charge in [-0.3, -0.25) is 4.79 Å². The Morgan fingerprint density at radius 3 is 2.58 bits per heavy atom. The number of rotatable bonds is 6. The van der Waals surface area contributed by atoms with Crippen molar-refractivity contribution in [3.05, 3.63) is 0 Å². The molecular formula is C17H29NO6. The Morgan fingerprint density at radius 2 is 2.00 bits per heavy atom. The number of esters is 1. The lowest BCUT2D eigenvalue weighted by Crippen LogP contribution is -2.49. The van der Waals surface area contributed by atoms with Crippen LogP contribution in [0.3, 0.4) is 0 Å². The topological polar surface area (TPSA) is 77.6 Å². The number of carbonyl (C=O) groups is 2. The zero-order valence-corrected chi connectivity index (χ0v) is 15.1. The lowest BCUT2D eigenvalue weighted by atomic mass is 9.90. The molecule has 0 aliphatic carbocycles. The first kappa shape index (κ1) is 19.0. The third kappa shape index (κ3) is 6.28. The van der Waals surface area contributed by atoms with Crippen LogP contribution in [0.2, 0.25) is 0 Å². The van der Waals surface area contributed by atoms with Gasteiger partial charge in [-0.1, -0.05) is 0 Å². The number of piperidine rings is 1. The predicted molar refractivity (Wildman–Crippen MR) is 86.6 cm³/mol. The van der Waals surface area contributed by atoms with Crippen molar-refractivity contribution in [1.82, 2.24) is 4.90 Å². The van der Waals surface area contributed by atoms with E-state index in [9.17, 15) is 9.59 Å². The molecule has 0 bridgehead atoms. The normalized spacial score (nSPS) is 26.8. The number of hydrogen-bond acceptors (Lipinski definition) is 6. The highest BCUT2D eigenvalue weighted by Gasteiger charge is 2.36. The summed E-state index contributed by atoms with van der Waals surface area (Å²) in [5.41, 5.74) is -0.499. The number of ether oxygens (including phenoxy) is 4. The lowest BCUT2D eigenvalue weighted by Gasteiger charge is -2.37. The van der Waals surface area contributed by atoms with Gasteiger partial charge < -0.3 is 23.8 Å². The van der Waals surface area contributed by atoms with Gasteiger partial charge in [0.25, 0.3) is 0 Å². The Morgan fingerprint density at radius 1 is 1.29 bits per heavy atom. The van der Waals surface area contributed by atoms with Gasteiger partial charge in [0.2, 0.25) is 0 Å². The van der Waals surface area contributed by atoms with E-state index in [2.05, 4.69) is 0 Å². The number of hydrogen-bond donors (Lipinski definition) is 0. The van der Waals surface area contributed by atoms with E-state index in [1.54, 1.807) is 11.8 Å². The fourth-order valence-corrected chi connectivity index (χ4v) is 2.76. The van der Waals surface area contributed by atoms with E-state index in [0.717, 1.165) is 0 Å². The van der Waals surface area contributed by atoms with Gasteiger partial charge >= 0.3 is 12.1 Å². The van der Waals surface area contributed by atoms with Crippen molar-refractivity contribution in [2.75, 3.05) is 32.9 Å². The molecule has 7 heteroatoms. The Hall–Kier alpha value is -1.34. The lowest BCUT2D eigenvalue weighted by molar-refractivity contribution is -0.158. The molecule has 0 spiro atoms. The molecule has 0 radical (unpaired) electrons. The molecule has 2 aliphatic rings. The molecule has 3 atom stereocenters. The summed E-state index contributed by atoms with van der Waals surface area (Å²) in [5.74, 6) is -0.197. The fraction of sp³-hybridized carbons (Fsp3) is 0.882. The van der Waals surface area contributed by atoms with Crippen LogP contribution in [0, 0.1) is 5.92 Å². The molecule has 0 aromatic rings. The first-order valence-corrected chi connectivity index (χ1v) is 8.65. The van der Waals surface area contributed by atoms with E-state index >= 15 is 0 Å². The molecule has 2 aliphatic heterocycles. The summed E-state index contributed by atoms with van der Waals surface area (Å²) in [5, 5.41) is 0. The third-order valence-electron chi connectivity index (χ3n) is 3.97. The van der Waals surface area contributed by atoms with Gasteiger partial charge in [0, 0.05) is 6.54 Å². The second kappa shape index (κ2) is 8.16. The summed E-state index contributed by atoms with van der Waals surface area (Å²) in [4.78, 5) is 25.7. The molecule has 24 heavy (non-hydrogen) atoms. The first-order valence-electron chi connectivity index (χ1n) is 8.65. The second-order valence-electron chi connectivity index (χ2n) is 7.31. The fourth-order valence-electron chi connectivity index (χ4n) is 2.76. The van der Waals surface area contributed by atoms with Crippen molar-refractivity contribution in [3.8, 4) is 0 Å². The summed E-state index contributed by atoms with van der Waals surface area (Å²) < 4.78 is 21.6.